The van der Waals surface area contributed by atoms with Crippen LogP contribution in [0.2, 0.25) is 0 Å². The van der Waals surface area contributed by atoms with Gasteiger partial charge in [-0.25, -0.2) is 4.39 Å². The van der Waals surface area contributed by atoms with Crippen LogP contribution >= 0.6 is 15.9 Å². The van der Waals surface area contributed by atoms with Gasteiger partial charge in [0.2, 0.25) is 0 Å². The zero-order valence-corrected chi connectivity index (χ0v) is 11.4. The molecular weight excluding hydrogens is 299 g/mol. The molecule has 0 amide bonds. The van der Waals surface area contributed by atoms with Gasteiger partial charge < -0.3 is 9.47 Å². The topological polar surface area (TPSA) is 18.5 Å². The van der Waals surface area contributed by atoms with Crippen molar-refractivity contribution in [3.63, 3.8) is 0 Å². The molecule has 4 heteroatoms. The predicted molar refractivity (Wildman–Crippen MR) is 72.0 cm³/mol. The Bertz CT molecular complexity index is 543. The van der Waals surface area contributed by atoms with Crippen LogP contribution in [-0.2, 0) is 4.74 Å². The third-order valence-electron chi connectivity index (χ3n) is 2.46. The Morgan fingerprint density at radius 3 is 2.56 bits per heavy atom. The Labute approximate surface area is 113 Å². The lowest BCUT2D eigenvalue weighted by Gasteiger charge is -2.11. The van der Waals surface area contributed by atoms with Crippen LogP contribution in [0, 0.1) is 5.82 Å². The van der Waals surface area contributed by atoms with E-state index in [1.165, 1.54) is 0 Å². The Balaban J connectivity index is 2.46. The molecule has 0 radical (unpaired) electrons. The molecule has 0 bridgehead atoms. The molecular formula is C14H12BrFO2. The lowest BCUT2D eigenvalue weighted by Crippen LogP contribution is -2.00. The second-order valence-corrected chi connectivity index (χ2v) is 4.50. The summed E-state index contributed by atoms with van der Waals surface area (Å²) in [6.45, 7) is 0.132. The minimum atomic E-state index is -0.300. The summed E-state index contributed by atoms with van der Waals surface area (Å²) in [4.78, 5) is 0. The van der Waals surface area contributed by atoms with E-state index >= 15 is 0 Å². The molecule has 0 aliphatic rings. The normalized spacial score (nSPS) is 10.4. The van der Waals surface area contributed by atoms with Crippen LogP contribution in [0.15, 0.2) is 46.9 Å². The third kappa shape index (κ3) is 2.71. The average molecular weight is 311 g/mol. The van der Waals surface area contributed by atoms with Crippen LogP contribution in [0.3, 0.4) is 0 Å². The molecule has 0 saturated carbocycles. The van der Waals surface area contributed by atoms with Crippen LogP contribution in [0.4, 0.5) is 4.39 Å². The van der Waals surface area contributed by atoms with Crippen LogP contribution < -0.4 is 4.74 Å². The molecule has 0 aliphatic heterocycles. The van der Waals surface area contributed by atoms with Gasteiger partial charge in [-0.2, -0.15) is 0 Å². The quantitative estimate of drug-likeness (QED) is 0.786. The second kappa shape index (κ2) is 5.98. The fourth-order valence-electron chi connectivity index (χ4n) is 1.65. The van der Waals surface area contributed by atoms with E-state index in [4.69, 9.17) is 9.47 Å². The summed E-state index contributed by atoms with van der Waals surface area (Å²) in [5.41, 5.74) is 1.20. The molecule has 2 nitrogen and oxygen atoms in total. The van der Waals surface area contributed by atoms with Crippen LogP contribution in [-0.4, -0.2) is 13.9 Å². The maximum atomic E-state index is 14.1. The first-order valence-electron chi connectivity index (χ1n) is 5.39. The summed E-state index contributed by atoms with van der Waals surface area (Å²) in [6, 6.07) is 12.5. The molecule has 2 aromatic rings. The largest absolute Gasteiger partial charge is 0.467 e. The molecule has 0 fully saturated rings. The van der Waals surface area contributed by atoms with E-state index in [1.807, 2.05) is 18.2 Å². The van der Waals surface area contributed by atoms with Crippen molar-refractivity contribution in [3.8, 4) is 16.9 Å². The summed E-state index contributed by atoms with van der Waals surface area (Å²) in [5.74, 6) is 0.294. The van der Waals surface area contributed by atoms with E-state index in [-0.39, 0.29) is 12.6 Å². The molecule has 0 saturated heterocycles. The SMILES string of the molecule is COCOc1ccccc1-c1cccc(Br)c1F. The number of ether oxygens (including phenoxy) is 2. The van der Waals surface area contributed by atoms with Crippen LogP contribution in [0.1, 0.15) is 0 Å². The second-order valence-electron chi connectivity index (χ2n) is 3.65. The highest BCUT2D eigenvalue weighted by atomic mass is 79.9. The first-order chi connectivity index (χ1) is 8.74. The van der Waals surface area contributed by atoms with Gasteiger partial charge in [0.25, 0.3) is 0 Å². The maximum absolute atomic E-state index is 14.1. The Hall–Kier alpha value is -1.39. The van der Waals surface area contributed by atoms with Gasteiger partial charge >= 0.3 is 0 Å². The van der Waals surface area contributed by atoms with Gasteiger partial charge in [-0.1, -0.05) is 30.3 Å². The molecule has 0 unspecified atom stereocenters. The van der Waals surface area contributed by atoms with E-state index in [9.17, 15) is 4.39 Å². The smallest absolute Gasteiger partial charge is 0.188 e. The summed E-state index contributed by atoms with van der Waals surface area (Å²) in [5, 5.41) is 0. The van der Waals surface area contributed by atoms with Crippen molar-refractivity contribution >= 4 is 15.9 Å². The molecule has 0 atom stereocenters. The summed E-state index contributed by atoms with van der Waals surface area (Å²) in [7, 11) is 1.54. The van der Waals surface area contributed by atoms with Crippen molar-refractivity contribution in [2.45, 2.75) is 0 Å². The monoisotopic (exact) mass is 310 g/mol. The molecule has 0 aliphatic carbocycles. The number of hydrogen-bond donors (Lipinski definition) is 0. The number of hydrogen-bond acceptors (Lipinski definition) is 2. The van der Waals surface area contributed by atoms with Crippen LogP contribution in [0.25, 0.3) is 11.1 Å². The molecule has 2 rings (SSSR count). The van der Waals surface area contributed by atoms with Gasteiger partial charge in [-0.3, -0.25) is 0 Å². The number of methoxy groups -OCH3 is 1. The summed E-state index contributed by atoms with van der Waals surface area (Å²) < 4.78 is 24.8. The zero-order chi connectivity index (χ0) is 13.0. The minimum Gasteiger partial charge on any atom is -0.467 e. The lowest BCUT2D eigenvalue weighted by atomic mass is 10.0. The molecule has 94 valence electrons. The third-order valence-corrected chi connectivity index (χ3v) is 3.07. The van der Waals surface area contributed by atoms with Crippen molar-refractivity contribution in [1.29, 1.82) is 0 Å². The molecule has 0 heterocycles. The summed E-state index contributed by atoms with van der Waals surface area (Å²) >= 11 is 3.18. The molecule has 0 spiro atoms. The zero-order valence-electron chi connectivity index (χ0n) is 9.82. The number of benzene rings is 2. The molecule has 18 heavy (non-hydrogen) atoms. The first kappa shape index (κ1) is 13.1. The highest BCUT2D eigenvalue weighted by molar-refractivity contribution is 9.10. The van der Waals surface area contributed by atoms with Gasteiger partial charge in [0.1, 0.15) is 11.6 Å². The van der Waals surface area contributed by atoms with Gasteiger partial charge in [-0.15, -0.1) is 0 Å². The lowest BCUT2D eigenvalue weighted by molar-refractivity contribution is 0.0515. The average Bonchev–Trinajstić information content (AvgIpc) is 2.40. The van der Waals surface area contributed by atoms with Crippen molar-refractivity contribution in [1.82, 2.24) is 0 Å². The van der Waals surface area contributed by atoms with E-state index in [0.717, 1.165) is 0 Å². The maximum Gasteiger partial charge on any atom is 0.188 e. The van der Waals surface area contributed by atoms with Gasteiger partial charge in [0, 0.05) is 18.2 Å². The fraction of sp³-hybridized carbons (Fsp3) is 0.143. The van der Waals surface area contributed by atoms with E-state index in [0.29, 0.717) is 21.3 Å². The van der Waals surface area contributed by atoms with Crippen molar-refractivity contribution in [2.75, 3.05) is 13.9 Å². The van der Waals surface area contributed by atoms with Gasteiger partial charge in [0.15, 0.2) is 6.79 Å². The highest BCUT2D eigenvalue weighted by Gasteiger charge is 2.12. The van der Waals surface area contributed by atoms with Crippen LogP contribution in [0.5, 0.6) is 5.75 Å². The minimum absolute atomic E-state index is 0.132. The van der Waals surface area contributed by atoms with Crippen molar-refractivity contribution < 1.29 is 13.9 Å². The number of para-hydroxylation sites is 1. The summed E-state index contributed by atoms with van der Waals surface area (Å²) in [6.07, 6.45) is 0. The van der Waals surface area contributed by atoms with Gasteiger partial charge in [-0.05, 0) is 28.1 Å². The van der Waals surface area contributed by atoms with Gasteiger partial charge in [0.05, 0.1) is 4.47 Å². The standard InChI is InChI=1S/C14H12BrFO2/c1-17-9-18-13-8-3-2-5-10(13)11-6-4-7-12(15)14(11)16/h2-8H,9H2,1H3. The molecule has 0 aromatic heterocycles. The van der Waals surface area contributed by atoms with Crippen molar-refractivity contribution in [3.05, 3.63) is 52.8 Å². The molecule has 0 N–H and O–H groups in total. The Morgan fingerprint density at radius 2 is 1.78 bits per heavy atom. The Morgan fingerprint density at radius 1 is 1.06 bits per heavy atom. The first-order valence-corrected chi connectivity index (χ1v) is 6.18. The van der Waals surface area contributed by atoms with Crippen molar-refractivity contribution in [2.24, 2.45) is 0 Å². The van der Waals surface area contributed by atoms with E-state index < -0.39 is 0 Å². The number of halogens is 2. The highest BCUT2D eigenvalue weighted by Crippen LogP contribution is 2.34. The fourth-order valence-corrected chi connectivity index (χ4v) is 2.02. The van der Waals surface area contributed by atoms with E-state index in [1.54, 1.807) is 31.4 Å². The van der Waals surface area contributed by atoms with E-state index in [2.05, 4.69) is 15.9 Å². The molecule has 2 aromatic carbocycles. The predicted octanol–water partition coefficient (Wildman–Crippen LogP) is 4.24. The number of rotatable bonds is 4. The Kier molecular flexibility index (Phi) is 4.33.